The molecule has 0 aromatic heterocycles. The van der Waals surface area contributed by atoms with Gasteiger partial charge in [-0.25, -0.2) is 4.79 Å². The first kappa shape index (κ1) is 17.8. The molecular weight excluding hydrogens is 286 g/mol. The van der Waals surface area contributed by atoms with Crippen molar-refractivity contribution in [2.24, 2.45) is 0 Å². The van der Waals surface area contributed by atoms with Gasteiger partial charge in [-0.05, 0) is 45.9 Å². The third-order valence-electron chi connectivity index (χ3n) is 3.44. The number of amides is 1. The Labute approximate surface area is 130 Å². The fourth-order valence-electron chi connectivity index (χ4n) is 1.74. The second kappa shape index (κ2) is 6.68. The SMILES string of the molecule is COc1cc(C(=O)N(C)C(C)(C)C(=O)O)ccc1OC(C)C. The van der Waals surface area contributed by atoms with Gasteiger partial charge in [0.05, 0.1) is 13.2 Å². The third-order valence-corrected chi connectivity index (χ3v) is 3.44. The molecule has 0 atom stereocenters. The van der Waals surface area contributed by atoms with Gasteiger partial charge in [-0.3, -0.25) is 4.79 Å². The van der Waals surface area contributed by atoms with Gasteiger partial charge in [0.1, 0.15) is 5.54 Å². The highest BCUT2D eigenvalue weighted by atomic mass is 16.5. The highest BCUT2D eigenvalue weighted by Crippen LogP contribution is 2.30. The summed E-state index contributed by atoms with van der Waals surface area (Å²) in [4.78, 5) is 24.9. The van der Waals surface area contributed by atoms with Crippen molar-refractivity contribution in [2.45, 2.75) is 39.3 Å². The summed E-state index contributed by atoms with van der Waals surface area (Å²) in [5, 5.41) is 9.21. The number of carboxylic acid groups (broad SMARTS) is 1. The fourth-order valence-corrected chi connectivity index (χ4v) is 1.74. The van der Waals surface area contributed by atoms with Gasteiger partial charge in [-0.2, -0.15) is 0 Å². The van der Waals surface area contributed by atoms with Crippen LogP contribution in [0.15, 0.2) is 18.2 Å². The van der Waals surface area contributed by atoms with E-state index in [1.165, 1.54) is 32.9 Å². The Morgan fingerprint density at radius 3 is 2.27 bits per heavy atom. The van der Waals surface area contributed by atoms with Crippen molar-refractivity contribution in [2.75, 3.05) is 14.2 Å². The van der Waals surface area contributed by atoms with E-state index in [1.807, 2.05) is 13.8 Å². The van der Waals surface area contributed by atoms with Crippen molar-refractivity contribution in [1.29, 1.82) is 0 Å². The molecule has 0 aliphatic carbocycles. The summed E-state index contributed by atoms with van der Waals surface area (Å²) in [6.45, 7) is 6.73. The second-order valence-electron chi connectivity index (χ2n) is 5.76. The molecule has 22 heavy (non-hydrogen) atoms. The molecule has 0 heterocycles. The third kappa shape index (κ3) is 3.69. The van der Waals surface area contributed by atoms with Crippen LogP contribution in [0.3, 0.4) is 0 Å². The lowest BCUT2D eigenvalue weighted by Crippen LogP contribution is -2.50. The molecule has 0 unspecified atom stereocenters. The number of hydrogen-bond donors (Lipinski definition) is 1. The van der Waals surface area contributed by atoms with Crippen LogP contribution in [0, 0.1) is 0 Å². The number of methoxy groups -OCH3 is 1. The topological polar surface area (TPSA) is 76.1 Å². The predicted molar refractivity (Wildman–Crippen MR) is 82.6 cm³/mol. The molecule has 6 nitrogen and oxygen atoms in total. The number of ether oxygens (including phenoxy) is 2. The van der Waals surface area contributed by atoms with Crippen molar-refractivity contribution in [3.8, 4) is 11.5 Å². The number of rotatable bonds is 6. The molecule has 1 amide bonds. The van der Waals surface area contributed by atoms with Crippen LogP contribution in [0.4, 0.5) is 0 Å². The molecule has 0 saturated carbocycles. The van der Waals surface area contributed by atoms with E-state index >= 15 is 0 Å². The Balaban J connectivity index is 3.12. The standard InChI is InChI=1S/C16H23NO5/c1-10(2)22-12-8-7-11(9-13(12)21-6)14(18)17(5)16(3,4)15(19)20/h7-10H,1-6H3,(H,19,20). The summed E-state index contributed by atoms with van der Waals surface area (Å²) in [6.07, 6.45) is -0.0240. The first-order valence-electron chi connectivity index (χ1n) is 6.97. The maximum absolute atomic E-state index is 12.5. The minimum absolute atomic E-state index is 0.0240. The molecule has 1 rings (SSSR count). The van der Waals surface area contributed by atoms with Gasteiger partial charge in [-0.15, -0.1) is 0 Å². The van der Waals surface area contributed by atoms with Gasteiger partial charge >= 0.3 is 5.97 Å². The largest absolute Gasteiger partial charge is 0.493 e. The van der Waals surface area contributed by atoms with Crippen LogP contribution in [-0.2, 0) is 4.79 Å². The predicted octanol–water partition coefficient (Wildman–Crippen LogP) is 2.42. The molecule has 0 aliphatic rings. The van der Waals surface area contributed by atoms with E-state index in [0.29, 0.717) is 17.1 Å². The Morgan fingerprint density at radius 2 is 1.82 bits per heavy atom. The lowest BCUT2D eigenvalue weighted by molar-refractivity contribution is -0.147. The van der Waals surface area contributed by atoms with Crippen LogP contribution < -0.4 is 9.47 Å². The lowest BCUT2D eigenvalue weighted by atomic mass is 10.0. The van der Waals surface area contributed by atoms with E-state index in [4.69, 9.17) is 9.47 Å². The number of benzene rings is 1. The molecular formula is C16H23NO5. The van der Waals surface area contributed by atoms with Crippen LogP contribution in [0.1, 0.15) is 38.1 Å². The number of aliphatic carboxylic acids is 1. The Morgan fingerprint density at radius 1 is 1.23 bits per heavy atom. The molecule has 1 aromatic rings. The molecule has 0 fully saturated rings. The zero-order valence-corrected chi connectivity index (χ0v) is 13.8. The molecule has 6 heteroatoms. The van der Waals surface area contributed by atoms with Gasteiger partial charge in [-0.1, -0.05) is 0 Å². The van der Waals surface area contributed by atoms with Crippen LogP contribution in [-0.4, -0.2) is 47.7 Å². The van der Waals surface area contributed by atoms with Crippen molar-refractivity contribution in [3.63, 3.8) is 0 Å². The summed E-state index contributed by atoms with van der Waals surface area (Å²) in [5.74, 6) is -0.507. The maximum Gasteiger partial charge on any atom is 0.329 e. The van der Waals surface area contributed by atoms with E-state index in [2.05, 4.69) is 0 Å². The van der Waals surface area contributed by atoms with Crippen LogP contribution >= 0.6 is 0 Å². The first-order valence-corrected chi connectivity index (χ1v) is 6.97. The maximum atomic E-state index is 12.5. The van der Waals surface area contributed by atoms with Crippen LogP contribution in [0.5, 0.6) is 11.5 Å². The van der Waals surface area contributed by atoms with Crippen molar-refractivity contribution < 1.29 is 24.2 Å². The van der Waals surface area contributed by atoms with Gasteiger partial charge in [0.25, 0.3) is 5.91 Å². The molecule has 0 spiro atoms. The van der Waals surface area contributed by atoms with E-state index in [9.17, 15) is 14.7 Å². The summed E-state index contributed by atoms with van der Waals surface area (Å²) >= 11 is 0. The number of carbonyl (C=O) groups is 2. The monoisotopic (exact) mass is 309 g/mol. The molecule has 0 radical (unpaired) electrons. The molecule has 0 bridgehead atoms. The van der Waals surface area contributed by atoms with Crippen molar-refractivity contribution in [3.05, 3.63) is 23.8 Å². The van der Waals surface area contributed by atoms with E-state index in [-0.39, 0.29) is 6.10 Å². The van der Waals surface area contributed by atoms with Gasteiger partial charge in [0.2, 0.25) is 0 Å². The average Bonchev–Trinajstić information content (AvgIpc) is 2.45. The first-order chi connectivity index (χ1) is 10.1. The van der Waals surface area contributed by atoms with Gasteiger partial charge in [0.15, 0.2) is 11.5 Å². The Kier molecular flexibility index (Phi) is 5.41. The molecule has 0 saturated heterocycles. The van der Waals surface area contributed by atoms with Gasteiger partial charge in [0, 0.05) is 12.6 Å². The quantitative estimate of drug-likeness (QED) is 0.873. The van der Waals surface area contributed by atoms with E-state index in [1.54, 1.807) is 18.2 Å². The minimum atomic E-state index is -1.31. The number of likely N-dealkylation sites (N-methyl/N-ethyl adjacent to an activating group) is 1. The van der Waals surface area contributed by atoms with Gasteiger partial charge < -0.3 is 19.5 Å². The van der Waals surface area contributed by atoms with Crippen LogP contribution in [0.2, 0.25) is 0 Å². The lowest BCUT2D eigenvalue weighted by Gasteiger charge is -2.31. The summed E-state index contributed by atoms with van der Waals surface area (Å²) in [6, 6.07) is 4.79. The summed E-state index contributed by atoms with van der Waals surface area (Å²) in [5.41, 5.74) is -0.970. The van der Waals surface area contributed by atoms with E-state index in [0.717, 1.165) is 0 Å². The van der Waals surface area contributed by atoms with Crippen molar-refractivity contribution in [1.82, 2.24) is 4.90 Å². The summed E-state index contributed by atoms with van der Waals surface area (Å²) < 4.78 is 10.8. The smallest absolute Gasteiger partial charge is 0.329 e. The second-order valence-corrected chi connectivity index (χ2v) is 5.76. The van der Waals surface area contributed by atoms with E-state index < -0.39 is 17.4 Å². The molecule has 1 aromatic carbocycles. The fraction of sp³-hybridized carbons (Fsp3) is 0.500. The van der Waals surface area contributed by atoms with Crippen LogP contribution in [0.25, 0.3) is 0 Å². The zero-order chi connectivity index (χ0) is 17.1. The highest BCUT2D eigenvalue weighted by molar-refractivity contribution is 5.98. The molecule has 0 aliphatic heterocycles. The number of carbonyl (C=O) groups excluding carboxylic acids is 1. The van der Waals surface area contributed by atoms with Crippen molar-refractivity contribution >= 4 is 11.9 Å². The minimum Gasteiger partial charge on any atom is -0.493 e. The Hall–Kier alpha value is -2.24. The summed E-state index contributed by atoms with van der Waals surface area (Å²) in [7, 11) is 2.95. The average molecular weight is 309 g/mol. The number of hydrogen-bond acceptors (Lipinski definition) is 4. The Bertz CT molecular complexity index is 566. The number of carboxylic acids is 1. The normalized spacial score (nSPS) is 11.2. The molecule has 1 N–H and O–H groups in total. The number of nitrogens with zero attached hydrogens (tertiary/aromatic N) is 1. The molecule has 122 valence electrons. The highest BCUT2D eigenvalue weighted by Gasteiger charge is 2.35. The zero-order valence-electron chi connectivity index (χ0n) is 13.8.